The van der Waals surface area contributed by atoms with Crippen LogP contribution in [0.2, 0.25) is 0 Å². The molecule has 9 nitrogen and oxygen atoms in total. The van der Waals surface area contributed by atoms with Gasteiger partial charge in [0.2, 0.25) is 5.90 Å². The zero-order valence-corrected chi connectivity index (χ0v) is 26.6. The summed E-state index contributed by atoms with van der Waals surface area (Å²) in [7, 11) is 0. The predicted octanol–water partition coefficient (Wildman–Crippen LogP) is 7.02. The highest BCUT2D eigenvalue weighted by molar-refractivity contribution is 9.10. The van der Waals surface area contributed by atoms with Crippen LogP contribution < -0.4 is 10.1 Å². The smallest absolute Gasteiger partial charge is 0.252 e. The average Bonchev–Trinajstić information content (AvgIpc) is 3.46. The maximum atomic E-state index is 14.5. The lowest BCUT2D eigenvalue weighted by molar-refractivity contribution is -0.128. The maximum absolute atomic E-state index is 14.5. The number of hydrogen-bond acceptors (Lipinski definition) is 6. The molecule has 2 N–H and O–H groups in total. The molecule has 4 aromatic rings. The largest absolute Gasteiger partial charge is 0.494 e. The molecule has 1 aliphatic heterocycles. The number of ether oxygens (including phenoxy) is 2. The van der Waals surface area contributed by atoms with Gasteiger partial charge in [-0.15, -0.1) is 0 Å². The molecule has 46 heavy (non-hydrogen) atoms. The van der Waals surface area contributed by atoms with Crippen LogP contribution in [-0.2, 0) is 28.9 Å². The van der Waals surface area contributed by atoms with E-state index in [1.54, 1.807) is 24.3 Å². The Morgan fingerprint density at radius 3 is 2.46 bits per heavy atom. The van der Waals surface area contributed by atoms with Crippen molar-refractivity contribution >= 4 is 27.7 Å². The van der Waals surface area contributed by atoms with E-state index in [1.807, 2.05) is 60.7 Å². The molecule has 0 unspecified atom stereocenters. The molecule has 1 aliphatic rings. The lowest BCUT2D eigenvalue weighted by atomic mass is 9.81. The van der Waals surface area contributed by atoms with Crippen LogP contribution in [0, 0.1) is 5.82 Å². The monoisotopic (exact) mass is 685 g/mol. The van der Waals surface area contributed by atoms with Gasteiger partial charge in [-0.05, 0) is 82.7 Å². The van der Waals surface area contributed by atoms with E-state index >= 15 is 0 Å². The molecule has 0 saturated heterocycles. The number of aliphatic hydroxyl groups excluding tert-OH is 1. The Hall–Kier alpha value is -4.70. The second-order valence-electron chi connectivity index (χ2n) is 10.8. The fourth-order valence-corrected chi connectivity index (χ4v) is 5.59. The van der Waals surface area contributed by atoms with Crippen molar-refractivity contribution in [3.63, 3.8) is 0 Å². The van der Waals surface area contributed by atoms with E-state index in [9.17, 15) is 9.18 Å². The molecule has 2 atom stereocenters. The Labute approximate surface area is 274 Å². The maximum Gasteiger partial charge on any atom is 0.252 e. The molecule has 1 heterocycles. The Kier molecular flexibility index (Phi) is 11.0. The number of amides is 1. The number of carbonyl (C=O) groups is 1. The molecule has 236 valence electrons. The summed E-state index contributed by atoms with van der Waals surface area (Å²) in [6.07, 6.45) is 0.383. The van der Waals surface area contributed by atoms with Crippen molar-refractivity contribution in [3.05, 3.63) is 146 Å². The van der Waals surface area contributed by atoms with E-state index in [1.165, 1.54) is 12.1 Å². The third-order valence-electron chi connectivity index (χ3n) is 7.70. The third kappa shape index (κ3) is 7.92. The van der Waals surface area contributed by atoms with Crippen molar-refractivity contribution in [3.8, 4) is 5.75 Å². The van der Waals surface area contributed by atoms with E-state index < -0.39 is 11.6 Å². The highest BCUT2D eigenvalue weighted by atomic mass is 79.9. The van der Waals surface area contributed by atoms with Gasteiger partial charge in [-0.25, -0.2) is 9.38 Å². The molecule has 1 amide bonds. The highest BCUT2D eigenvalue weighted by Crippen LogP contribution is 2.43. The van der Waals surface area contributed by atoms with Gasteiger partial charge in [-0.1, -0.05) is 69.6 Å². The van der Waals surface area contributed by atoms with Crippen molar-refractivity contribution in [1.82, 2.24) is 5.32 Å². The van der Waals surface area contributed by atoms with Crippen LogP contribution in [0.1, 0.15) is 40.3 Å². The van der Waals surface area contributed by atoms with Gasteiger partial charge in [0.05, 0.1) is 13.2 Å². The first-order valence-electron chi connectivity index (χ1n) is 14.9. The second kappa shape index (κ2) is 15.5. The molecule has 0 radical (unpaired) electrons. The molecular formula is C35H33BrFN5O4. The summed E-state index contributed by atoms with van der Waals surface area (Å²) in [4.78, 5) is 22.5. The first kappa shape index (κ1) is 32.7. The van der Waals surface area contributed by atoms with Gasteiger partial charge in [0.25, 0.3) is 5.91 Å². The van der Waals surface area contributed by atoms with Gasteiger partial charge in [0, 0.05) is 40.9 Å². The predicted molar refractivity (Wildman–Crippen MR) is 177 cm³/mol. The minimum atomic E-state index is -1.44. The minimum absolute atomic E-state index is 0.0419. The molecule has 0 aliphatic carbocycles. The average molecular weight is 687 g/mol. The lowest BCUT2D eigenvalue weighted by Gasteiger charge is -2.31. The van der Waals surface area contributed by atoms with Crippen molar-refractivity contribution in [2.45, 2.75) is 37.5 Å². The minimum Gasteiger partial charge on any atom is -0.494 e. The fraction of sp³-hybridized carbons (Fsp3) is 0.257. The fourth-order valence-electron chi connectivity index (χ4n) is 5.33. The Balaban J connectivity index is 1.55. The zero-order valence-electron chi connectivity index (χ0n) is 25.0. The SMILES string of the molecule is [N-]=[N+]=NCc1ccccc1C[C@@]1(C(=O)NCCc2ccc(F)cc2)N=C(c2ccc(OCCCO)cc2)O[C@@H]1c1ccc(Br)cc1. The Morgan fingerprint density at radius 2 is 1.76 bits per heavy atom. The van der Waals surface area contributed by atoms with Gasteiger partial charge in [0.15, 0.2) is 11.6 Å². The summed E-state index contributed by atoms with van der Waals surface area (Å²) in [5, 5.41) is 15.9. The van der Waals surface area contributed by atoms with E-state index in [0.717, 1.165) is 26.7 Å². The number of nitrogens with zero attached hydrogens (tertiary/aromatic N) is 4. The van der Waals surface area contributed by atoms with Crippen molar-refractivity contribution in [2.75, 3.05) is 19.8 Å². The molecular weight excluding hydrogens is 653 g/mol. The lowest BCUT2D eigenvalue weighted by Crippen LogP contribution is -2.50. The molecule has 11 heteroatoms. The molecule has 5 rings (SSSR count). The highest BCUT2D eigenvalue weighted by Gasteiger charge is 2.53. The topological polar surface area (TPSA) is 129 Å². The number of azide groups is 1. The van der Waals surface area contributed by atoms with Crippen molar-refractivity contribution in [2.24, 2.45) is 10.1 Å². The molecule has 0 saturated carbocycles. The molecule has 4 aromatic carbocycles. The van der Waals surface area contributed by atoms with Crippen LogP contribution in [0.3, 0.4) is 0 Å². The van der Waals surface area contributed by atoms with E-state index in [4.69, 9.17) is 25.1 Å². The number of hydrogen-bond donors (Lipinski definition) is 2. The van der Waals surface area contributed by atoms with E-state index in [-0.39, 0.29) is 31.3 Å². The number of aliphatic hydroxyl groups is 1. The Bertz CT molecular complexity index is 1710. The molecule has 0 spiro atoms. The van der Waals surface area contributed by atoms with Gasteiger partial charge in [0.1, 0.15) is 11.6 Å². The Morgan fingerprint density at radius 1 is 1.04 bits per heavy atom. The number of rotatable bonds is 14. The third-order valence-corrected chi connectivity index (χ3v) is 8.23. The standard InChI is InChI=1S/C35H33BrFN5O4/c36-29-12-8-25(9-13-29)32-35(22-27-4-1-2-5-28(27)23-40-42-38,34(44)39-19-18-24-6-14-30(37)15-7-24)41-33(46-32)26-10-16-31(17-11-26)45-21-3-20-43/h1-2,4-17,32,43H,3,18-23H2,(H,39,44)/t32-,35-/m1/s1. The van der Waals surface area contributed by atoms with Crippen LogP contribution in [0.25, 0.3) is 10.4 Å². The summed E-state index contributed by atoms with van der Waals surface area (Å²) in [5.41, 5.74) is 11.5. The number of aliphatic imine (C=N–C) groups is 1. The summed E-state index contributed by atoms with van der Waals surface area (Å²) >= 11 is 3.50. The number of halogens is 2. The van der Waals surface area contributed by atoms with Crippen LogP contribution in [0.5, 0.6) is 5.75 Å². The summed E-state index contributed by atoms with van der Waals surface area (Å²) in [5.74, 6) is 0.284. The number of carbonyl (C=O) groups excluding carboxylic acids is 1. The van der Waals surface area contributed by atoms with Gasteiger partial charge in [-0.3, -0.25) is 4.79 Å². The second-order valence-corrected chi connectivity index (χ2v) is 11.7. The van der Waals surface area contributed by atoms with Crippen LogP contribution >= 0.6 is 15.9 Å². The number of nitrogens with one attached hydrogen (secondary N) is 1. The van der Waals surface area contributed by atoms with Crippen LogP contribution in [0.4, 0.5) is 4.39 Å². The summed E-state index contributed by atoms with van der Waals surface area (Å²) in [6.45, 7) is 0.840. The van der Waals surface area contributed by atoms with Gasteiger partial charge < -0.3 is 19.9 Å². The quantitative estimate of drug-likeness (QED) is 0.0640. The normalized spacial score (nSPS) is 17.0. The number of benzene rings is 4. The molecule has 0 aromatic heterocycles. The summed E-state index contributed by atoms with van der Waals surface area (Å²) in [6, 6.07) is 28.5. The van der Waals surface area contributed by atoms with E-state index in [2.05, 4.69) is 31.3 Å². The van der Waals surface area contributed by atoms with Gasteiger partial charge >= 0.3 is 0 Å². The molecule has 0 fully saturated rings. The zero-order chi connectivity index (χ0) is 32.4. The van der Waals surface area contributed by atoms with Gasteiger partial charge in [-0.2, -0.15) is 0 Å². The first-order valence-corrected chi connectivity index (χ1v) is 15.7. The van der Waals surface area contributed by atoms with Crippen LogP contribution in [-0.4, -0.2) is 42.2 Å². The van der Waals surface area contributed by atoms with E-state index in [0.29, 0.717) is 43.2 Å². The molecule has 0 bridgehead atoms. The van der Waals surface area contributed by atoms with Crippen LogP contribution in [0.15, 0.2) is 112 Å². The summed E-state index contributed by atoms with van der Waals surface area (Å²) < 4.78 is 26.6. The van der Waals surface area contributed by atoms with Crippen molar-refractivity contribution in [1.29, 1.82) is 0 Å². The van der Waals surface area contributed by atoms with Crippen molar-refractivity contribution < 1.29 is 23.8 Å². The first-order chi connectivity index (χ1) is 22.4.